The Bertz CT molecular complexity index is 856. The van der Waals surface area contributed by atoms with Crippen LogP contribution in [0.4, 0.5) is 18.9 Å². The standard InChI is InChI=1S/C15H7ClF3N3O2/c16-12-3-1-9(6-14(12)22(23)24)5-10(7-20)13-4-2-11(8-21-13)15(17,18)19/h1-6,8H/b10-5+. The third kappa shape index (κ3) is 3.88. The van der Waals surface area contributed by atoms with Crippen LogP contribution in [0.3, 0.4) is 0 Å². The van der Waals surface area contributed by atoms with Crippen LogP contribution < -0.4 is 0 Å². The summed E-state index contributed by atoms with van der Waals surface area (Å²) in [5.41, 5.74) is -1.01. The fourth-order valence-corrected chi connectivity index (χ4v) is 2.00. The molecule has 0 saturated carbocycles. The van der Waals surface area contributed by atoms with E-state index in [0.29, 0.717) is 11.8 Å². The van der Waals surface area contributed by atoms with Gasteiger partial charge >= 0.3 is 6.18 Å². The lowest BCUT2D eigenvalue weighted by molar-refractivity contribution is -0.384. The minimum atomic E-state index is -4.53. The largest absolute Gasteiger partial charge is 0.417 e. The van der Waals surface area contributed by atoms with Crippen molar-refractivity contribution in [3.05, 3.63) is 68.5 Å². The van der Waals surface area contributed by atoms with Gasteiger partial charge in [0.2, 0.25) is 0 Å². The van der Waals surface area contributed by atoms with Crippen molar-refractivity contribution in [1.29, 1.82) is 5.26 Å². The van der Waals surface area contributed by atoms with E-state index in [9.17, 15) is 23.3 Å². The summed E-state index contributed by atoms with van der Waals surface area (Å²) in [5.74, 6) is 0. The molecule has 0 N–H and O–H groups in total. The van der Waals surface area contributed by atoms with Crippen molar-refractivity contribution >= 4 is 28.9 Å². The zero-order chi connectivity index (χ0) is 17.9. The van der Waals surface area contributed by atoms with Crippen LogP contribution in [-0.4, -0.2) is 9.91 Å². The monoisotopic (exact) mass is 353 g/mol. The number of nitriles is 1. The molecule has 0 amide bonds. The summed E-state index contributed by atoms with van der Waals surface area (Å²) in [6, 6.07) is 7.55. The van der Waals surface area contributed by atoms with Crippen LogP contribution in [0.5, 0.6) is 0 Å². The number of rotatable bonds is 3. The second kappa shape index (κ2) is 6.68. The molecule has 2 rings (SSSR count). The molecule has 1 heterocycles. The Balaban J connectivity index is 2.42. The van der Waals surface area contributed by atoms with Crippen LogP contribution in [0.15, 0.2) is 36.5 Å². The highest BCUT2D eigenvalue weighted by molar-refractivity contribution is 6.32. The lowest BCUT2D eigenvalue weighted by atomic mass is 10.1. The fourth-order valence-electron chi connectivity index (χ4n) is 1.81. The van der Waals surface area contributed by atoms with Gasteiger partial charge < -0.3 is 0 Å². The van der Waals surface area contributed by atoms with E-state index >= 15 is 0 Å². The average Bonchev–Trinajstić information content (AvgIpc) is 2.53. The maximum atomic E-state index is 12.5. The van der Waals surface area contributed by atoms with E-state index in [2.05, 4.69) is 4.98 Å². The van der Waals surface area contributed by atoms with E-state index in [1.165, 1.54) is 18.2 Å². The highest BCUT2D eigenvalue weighted by Gasteiger charge is 2.30. The van der Waals surface area contributed by atoms with Gasteiger partial charge in [0, 0.05) is 12.3 Å². The van der Waals surface area contributed by atoms with Crippen molar-refractivity contribution in [2.24, 2.45) is 0 Å². The number of allylic oxidation sites excluding steroid dienone is 1. The molecular formula is C15H7ClF3N3O2. The summed E-state index contributed by atoms with van der Waals surface area (Å²) in [4.78, 5) is 13.8. The molecule has 0 saturated heterocycles. The predicted molar refractivity (Wildman–Crippen MR) is 80.8 cm³/mol. The Morgan fingerprint density at radius 2 is 2.04 bits per heavy atom. The number of hydrogen-bond donors (Lipinski definition) is 0. The molecule has 24 heavy (non-hydrogen) atoms. The molecule has 0 unspecified atom stereocenters. The first kappa shape index (κ1) is 17.4. The second-order valence-corrected chi connectivity index (χ2v) is 4.97. The molecule has 0 aliphatic rings. The molecule has 9 heteroatoms. The van der Waals surface area contributed by atoms with Crippen LogP contribution in [-0.2, 0) is 6.18 Å². The predicted octanol–water partition coefficient (Wildman–Crippen LogP) is 4.73. The topological polar surface area (TPSA) is 79.8 Å². The van der Waals surface area contributed by atoms with Gasteiger partial charge in [0.1, 0.15) is 11.1 Å². The summed E-state index contributed by atoms with van der Waals surface area (Å²) < 4.78 is 37.5. The molecule has 0 radical (unpaired) electrons. The van der Waals surface area contributed by atoms with Gasteiger partial charge in [-0.15, -0.1) is 0 Å². The maximum absolute atomic E-state index is 12.5. The molecule has 0 spiro atoms. The molecule has 0 atom stereocenters. The summed E-state index contributed by atoms with van der Waals surface area (Å²) in [7, 11) is 0. The number of nitrogens with zero attached hydrogens (tertiary/aromatic N) is 3. The SMILES string of the molecule is N#C/C(=C\c1ccc(Cl)c([N+](=O)[O-])c1)c1ccc(C(F)(F)F)cn1. The Morgan fingerprint density at radius 1 is 1.33 bits per heavy atom. The first-order chi connectivity index (χ1) is 11.2. The molecule has 0 fully saturated rings. The Morgan fingerprint density at radius 3 is 2.54 bits per heavy atom. The molecule has 0 aliphatic heterocycles. The third-order valence-electron chi connectivity index (χ3n) is 2.97. The molecule has 1 aromatic carbocycles. The second-order valence-electron chi connectivity index (χ2n) is 4.57. The van der Waals surface area contributed by atoms with Crippen molar-refractivity contribution in [1.82, 2.24) is 4.98 Å². The minimum absolute atomic E-state index is 0.0168. The number of nitro groups is 1. The minimum Gasteiger partial charge on any atom is -0.258 e. The van der Waals surface area contributed by atoms with E-state index < -0.39 is 16.7 Å². The van der Waals surface area contributed by atoms with Crippen molar-refractivity contribution in [2.45, 2.75) is 6.18 Å². The molecule has 5 nitrogen and oxygen atoms in total. The van der Waals surface area contributed by atoms with Gasteiger partial charge in [0.15, 0.2) is 0 Å². The van der Waals surface area contributed by atoms with Gasteiger partial charge in [-0.2, -0.15) is 18.4 Å². The molecule has 122 valence electrons. The average molecular weight is 354 g/mol. The Kier molecular flexibility index (Phi) is 4.85. The molecular weight excluding hydrogens is 347 g/mol. The molecule has 2 aromatic rings. The summed E-state index contributed by atoms with van der Waals surface area (Å²) in [6.45, 7) is 0. The number of hydrogen-bond acceptors (Lipinski definition) is 4. The van der Waals surface area contributed by atoms with Crippen LogP contribution in [0.2, 0.25) is 5.02 Å². The van der Waals surface area contributed by atoms with Crippen LogP contribution >= 0.6 is 11.6 Å². The van der Waals surface area contributed by atoms with E-state index in [1.54, 1.807) is 6.07 Å². The highest BCUT2D eigenvalue weighted by atomic mass is 35.5. The number of aromatic nitrogens is 1. The van der Waals surface area contributed by atoms with Gasteiger partial charge in [-0.1, -0.05) is 17.7 Å². The van der Waals surface area contributed by atoms with Crippen molar-refractivity contribution < 1.29 is 18.1 Å². The van der Waals surface area contributed by atoms with E-state index in [0.717, 1.165) is 18.2 Å². The molecule has 0 aliphatic carbocycles. The lowest BCUT2D eigenvalue weighted by Crippen LogP contribution is -2.05. The van der Waals surface area contributed by atoms with Gasteiger partial charge in [-0.05, 0) is 29.8 Å². The molecule has 1 aromatic heterocycles. The zero-order valence-electron chi connectivity index (χ0n) is 11.7. The van der Waals surface area contributed by atoms with Gasteiger partial charge in [0.05, 0.1) is 21.8 Å². The Hall–Kier alpha value is -2.92. The quantitative estimate of drug-likeness (QED) is 0.454. The lowest BCUT2D eigenvalue weighted by Gasteiger charge is -2.06. The zero-order valence-corrected chi connectivity index (χ0v) is 12.5. The molecule has 0 bridgehead atoms. The van der Waals surface area contributed by atoms with Crippen molar-refractivity contribution in [3.63, 3.8) is 0 Å². The first-order valence-electron chi connectivity index (χ1n) is 6.31. The Labute approximate surface area is 138 Å². The number of alkyl halides is 3. The van der Waals surface area contributed by atoms with Crippen LogP contribution in [0.25, 0.3) is 11.6 Å². The van der Waals surface area contributed by atoms with Crippen molar-refractivity contribution in [3.8, 4) is 6.07 Å². The third-order valence-corrected chi connectivity index (χ3v) is 3.28. The van der Waals surface area contributed by atoms with Gasteiger partial charge in [-0.25, -0.2) is 0 Å². The number of pyridine rings is 1. The van der Waals surface area contributed by atoms with E-state index in [-0.39, 0.29) is 22.0 Å². The van der Waals surface area contributed by atoms with Crippen molar-refractivity contribution in [2.75, 3.05) is 0 Å². The number of benzene rings is 1. The maximum Gasteiger partial charge on any atom is 0.417 e. The number of nitro benzene ring substituents is 1. The van der Waals surface area contributed by atoms with Crippen LogP contribution in [0.1, 0.15) is 16.8 Å². The summed E-state index contributed by atoms with van der Waals surface area (Å²) in [5, 5.41) is 19.9. The summed E-state index contributed by atoms with van der Waals surface area (Å²) in [6.07, 6.45) is -2.64. The first-order valence-corrected chi connectivity index (χ1v) is 6.69. The number of halogens is 4. The highest BCUT2D eigenvalue weighted by Crippen LogP contribution is 2.30. The van der Waals surface area contributed by atoms with E-state index in [4.69, 9.17) is 16.9 Å². The van der Waals surface area contributed by atoms with Gasteiger partial charge in [0.25, 0.3) is 5.69 Å². The van der Waals surface area contributed by atoms with Gasteiger partial charge in [-0.3, -0.25) is 15.1 Å². The summed E-state index contributed by atoms with van der Waals surface area (Å²) >= 11 is 5.69. The van der Waals surface area contributed by atoms with Crippen LogP contribution in [0, 0.1) is 21.4 Å². The fraction of sp³-hybridized carbons (Fsp3) is 0.0667. The normalized spacial score (nSPS) is 11.9. The van der Waals surface area contributed by atoms with E-state index in [1.807, 2.05) is 0 Å². The smallest absolute Gasteiger partial charge is 0.258 e.